The molecule has 0 spiro atoms. The second kappa shape index (κ2) is 2.78. The first kappa shape index (κ1) is 7.19. The largest absolute Gasteiger partial charge is 0.372 e. The van der Waals surface area contributed by atoms with Gasteiger partial charge in [-0.3, -0.25) is 0 Å². The minimum Gasteiger partial charge on any atom is -0.372 e. The Balaban J connectivity index is 2.87. The van der Waals surface area contributed by atoms with Crippen molar-refractivity contribution in [2.75, 3.05) is 0 Å². The Morgan fingerprint density at radius 3 is 3.00 bits per heavy atom. The molecule has 1 aromatic rings. The van der Waals surface area contributed by atoms with E-state index in [0.717, 1.165) is 4.88 Å². The Morgan fingerprint density at radius 2 is 2.60 bits per heavy atom. The number of nitriles is 1. The maximum Gasteiger partial charge on any atom is 0.192 e. The number of hydrogen-bond donors (Lipinski definition) is 1. The molecule has 0 saturated heterocycles. The van der Waals surface area contributed by atoms with Crippen LogP contribution >= 0.6 is 11.3 Å². The lowest BCUT2D eigenvalue weighted by atomic mass is 10.4. The summed E-state index contributed by atoms with van der Waals surface area (Å²) in [5.41, 5.74) is 0. The zero-order valence-electron chi connectivity index (χ0n) is 5.40. The molecule has 1 heterocycles. The summed E-state index contributed by atoms with van der Waals surface area (Å²) >= 11 is 1.34. The Kier molecular flexibility index (Phi) is 2.00. The van der Waals surface area contributed by atoms with Gasteiger partial charge in [-0.1, -0.05) is 0 Å². The maximum atomic E-state index is 8.93. The van der Waals surface area contributed by atoms with Gasteiger partial charge in [0.15, 0.2) is 6.10 Å². The normalized spacial score (nSPS) is 12.5. The highest BCUT2D eigenvalue weighted by atomic mass is 32.1. The van der Waals surface area contributed by atoms with Crippen LogP contribution < -0.4 is 0 Å². The van der Waals surface area contributed by atoms with Crippen LogP contribution in [0.15, 0.2) is 6.20 Å². The van der Waals surface area contributed by atoms with Crippen molar-refractivity contribution in [3.05, 3.63) is 16.1 Å². The van der Waals surface area contributed by atoms with Crippen LogP contribution in [0.25, 0.3) is 0 Å². The second-order valence-electron chi connectivity index (χ2n) is 1.84. The first-order valence-electron chi connectivity index (χ1n) is 2.74. The van der Waals surface area contributed by atoms with Crippen LogP contribution in [0, 0.1) is 18.3 Å². The molecule has 10 heavy (non-hydrogen) atoms. The third-order valence-electron chi connectivity index (χ3n) is 0.995. The monoisotopic (exact) mass is 154 g/mol. The number of aryl methyl sites for hydroxylation is 1. The fraction of sp³-hybridized carbons (Fsp3) is 0.333. The van der Waals surface area contributed by atoms with E-state index in [1.807, 2.05) is 6.92 Å². The van der Waals surface area contributed by atoms with Crippen LogP contribution in [0.3, 0.4) is 0 Å². The SMILES string of the molecule is Cc1cnc([C@@H](O)C#N)s1. The Hall–Kier alpha value is -0.920. The summed E-state index contributed by atoms with van der Waals surface area (Å²) in [5.74, 6) is 0. The number of rotatable bonds is 1. The molecule has 0 unspecified atom stereocenters. The van der Waals surface area contributed by atoms with Gasteiger partial charge in [0, 0.05) is 11.1 Å². The molecule has 3 nitrogen and oxygen atoms in total. The van der Waals surface area contributed by atoms with E-state index in [4.69, 9.17) is 10.4 Å². The quantitative estimate of drug-likeness (QED) is 0.614. The molecule has 0 saturated carbocycles. The van der Waals surface area contributed by atoms with Crippen molar-refractivity contribution in [2.24, 2.45) is 0 Å². The van der Waals surface area contributed by atoms with Crippen molar-refractivity contribution < 1.29 is 5.11 Å². The van der Waals surface area contributed by atoms with Gasteiger partial charge in [-0.05, 0) is 6.92 Å². The van der Waals surface area contributed by atoms with Gasteiger partial charge in [-0.15, -0.1) is 11.3 Å². The van der Waals surface area contributed by atoms with E-state index >= 15 is 0 Å². The summed E-state index contributed by atoms with van der Waals surface area (Å²) in [6, 6.07) is 1.70. The number of thiazole rings is 1. The summed E-state index contributed by atoms with van der Waals surface area (Å²) in [4.78, 5) is 4.84. The van der Waals surface area contributed by atoms with Crippen LogP contribution in [0.1, 0.15) is 16.0 Å². The first-order valence-corrected chi connectivity index (χ1v) is 3.55. The van der Waals surface area contributed by atoms with Gasteiger partial charge in [0.05, 0.1) is 0 Å². The van der Waals surface area contributed by atoms with Crippen LogP contribution in [0.2, 0.25) is 0 Å². The van der Waals surface area contributed by atoms with E-state index < -0.39 is 6.10 Å². The molecule has 1 rings (SSSR count). The highest BCUT2D eigenvalue weighted by molar-refractivity contribution is 7.11. The number of aromatic nitrogens is 1. The summed E-state index contributed by atoms with van der Waals surface area (Å²) < 4.78 is 0. The molecule has 1 aromatic heterocycles. The molecule has 0 bridgehead atoms. The summed E-state index contributed by atoms with van der Waals surface area (Å²) in [6.07, 6.45) is 0.583. The van der Waals surface area contributed by atoms with Crippen molar-refractivity contribution in [2.45, 2.75) is 13.0 Å². The lowest BCUT2D eigenvalue weighted by Crippen LogP contribution is -1.90. The van der Waals surface area contributed by atoms with Crippen LogP contribution in [-0.4, -0.2) is 10.1 Å². The van der Waals surface area contributed by atoms with Crippen molar-refractivity contribution in [1.29, 1.82) is 5.26 Å². The van der Waals surface area contributed by atoms with Crippen LogP contribution in [0.4, 0.5) is 0 Å². The van der Waals surface area contributed by atoms with E-state index in [1.165, 1.54) is 11.3 Å². The van der Waals surface area contributed by atoms with Crippen molar-refractivity contribution in [3.8, 4) is 6.07 Å². The van der Waals surface area contributed by atoms with Gasteiger partial charge < -0.3 is 5.11 Å². The van der Waals surface area contributed by atoms with E-state index in [2.05, 4.69) is 4.98 Å². The predicted octanol–water partition coefficient (Wildman–Crippen LogP) is 1.01. The standard InChI is InChI=1S/C6H6N2OS/c1-4-3-8-6(10-4)5(9)2-7/h3,5,9H,1H3/t5-/m0/s1. The molecule has 1 N–H and O–H groups in total. The average molecular weight is 154 g/mol. The van der Waals surface area contributed by atoms with Crippen molar-refractivity contribution in [1.82, 2.24) is 4.98 Å². The van der Waals surface area contributed by atoms with Crippen LogP contribution in [0.5, 0.6) is 0 Å². The van der Waals surface area contributed by atoms with Gasteiger partial charge >= 0.3 is 0 Å². The van der Waals surface area contributed by atoms with Gasteiger partial charge in [-0.25, -0.2) is 4.98 Å². The Morgan fingerprint density at radius 1 is 1.90 bits per heavy atom. The average Bonchev–Trinajstić information content (AvgIpc) is 2.34. The minimum absolute atomic E-state index is 0.472. The van der Waals surface area contributed by atoms with Gasteiger partial charge in [-0.2, -0.15) is 5.26 Å². The molecule has 4 heteroatoms. The minimum atomic E-state index is -1.06. The number of aliphatic hydroxyl groups excluding tert-OH is 1. The molecule has 0 fully saturated rings. The van der Waals surface area contributed by atoms with E-state index in [0.29, 0.717) is 5.01 Å². The fourth-order valence-corrected chi connectivity index (χ4v) is 1.26. The highest BCUT2D eigenvalue weighted by Crippen LogP contribution is 2.17. The molecule has 0 radical (unpaired) electrons. The molecular formula is C6H6N2OS. The lowest BCUT2D eigenvalue weighted by molar-refractivity contribution is 0.235. The lowest BCUT2D eigenvalue weighted by Gasteiger charge is -1.90. The number of nitrogens with zero attached hydrogens (tertiary/aromatic N) is 2. The maximum absolute atomic E-state index is 8.93. The number of hydrogen-bond acceptors (Lipinski definition) is 4. The smallest absolute Gasteiger partial charge is 0.192 e. The summed E-state index contributed by atoms with van der Waals surface area (Å²) in [5, 5.41) is 17.7. The predicted molar refractivity (Wildman–Crippen MR) is 37.4 cm³/mol. The first-order chi connectivity index (χ1) is 4.74. The van der Waals surface area contributed by atoms with Gasteiger partial charge in [0.1, 0.15) is 11.1 Å². The van der Waals surface area contributed by atoms with E-state index in [9.17, 15) is 0 Å². The highest BCUT2D eigenvalue weighted by Gasteiger charge is 2.08. The fourth-order valence-electron chi connectivity index (χ4n) is 0.554. The number of aliphatic hydroxyl groups is 1. The molecule has 52 valence electrons. The zero-order valence-corrected chi connectivity index (χ0v) is 6.22. The van der Waals surface area contributed by atoms with E-state index in [-0.39, 0.29) is 0 Å². The second-order valence-corrected chi connectivity index (χ2v) is 3.11. The topological polar surface area (TPSA) is 56.9 Å². The van der Waals surface area contributed by atoms with Gasteiger partial charge in [0.25, 0.3) is 0 Å². The molecule has 0 aliphatic heterocycles. The summed E-state index contributed by atoms with van der Waals surface area (Å²) in [6.45, 7) is 1.88. The summed E-state index contributed by atoms with van der Waals surface area (Å²) in [7, 11) is 0. The van der Waals surface area contributed by atoms with Gasteiger partial charge in [0.2, 0.25) is 0 Å². The molecule has 0 aliphatic rings. The zero-order chi connectivity index (χ0) is 7.56. The van der Waals surface area contributed by atoms with Crippen molar-refractivity contribution >= 4 is 11.3 Å². The van der Waals surface area contributed by atoms with Crippen molar-refractivity contribution in [3.63, 3.8) is 0 Å². The van der Waals surface area contributed by atoms with Crippen LogP contribution in [-0.2, 0) is 0 Å². The van der Waals surface area contributed by atoms with E-state index in [1.54, 1.807) is 12.3 Å². The molecule has 0 amide bonds. The Labute approximate surface area is 62.6 Å². The molecular weight excluding hydrogens is 148 g/mol. The third-order valence-corrected chi connectivity index (χ3v) is 1.96. The molecule has 0 aliphatic carbocycles. The third kappa shape index (κ3) is 1.32. The molecule has 0 aromatic carbocycles. The Bertz CT molecular complexity index is 263. The molecule has 1 atom stereocenters.